The molecule has 0 spiro atoms. The van der Waals surface area contributed by atoms with Crippen LogP contribution in [0.4, 0.5) is 0 Å². The van der Waals surface area contributed by atoms with Crippen LogP contribution in [0, 0.1) is 35.5 Å². The van der Waals surface area contributed by atoms with Crippen molar-refractivity contribution in [1.29, 1.82) is 0 Å². The number of allylic oxidation sites excluding steroid dienone is 6. The minimum atomic E-state index is 0.0141. The second kappa shape index (κ2) is 7.72. The highest BCUT2D eigenvalue weighted by atomic mass is 14.6. The Morgan fingerprint density at radius 3 is 1.77 bits per heavy atom. The SMILES string of the molecule is C1=C=CC2C(C=1)C1C=CC=CC1C2C(c1ccccc1)(c1ccccc1)C1CCCC1. The van der Waals surface area contributed by atoms with Gasteiger partial charge in [-0.25, -0.2) is 0 Å². The van der Waals surface area contributed by atoms with Gasteiger partial charge in [0.05, 0.1) is 0 Å². The van der Waals surface area contributed by atoms with Crippen LogP contribution in [-0.4, -0.2) is 0 Å². The van der Waals surface area contributed by atoms with E-state index in [1.165, 1.54) is 36.8 Å². The quantitative estimate of drug-likeness (QED) is 0.472. The van der Waals surface area contributed by atoms with Crippen molar-refractivity contribution < 1.29 is 0 Å². The second-order valence-corrected chi connectivity index (χ2v) is 9.81. The van der Waals surface area contributed by atoms with Gasteiger partial charge in [-0.3, -0.25) is 0 Å². The summed E-state index contributed by atoms with van der Waals surface area (Å²) >= 11 is 0. The van der Waals surface area contributed by atoms with E-state index < -0.39 is 0 Å². The summed E-state index contributed by atoms with van der Waals surface area (Å²) in [6.45, 7) is 0. The number of rotatable bonds is 4. The monoisotopic (exact) mass is 402 g/mol. The Kier molecular flexibility index (Phi) is 4.72. The van der Waals surface area contributed by atoms with Crippen molar-refractivity contribution in [3.05, 3.63) is 120 Å². The van der Waals surface area contributed by atoms with E-state index in [-0.39, 0.29) is 5.41 Å². The number of hydrogen-bond acceptors (Lipinski definition) is 0. The normalized spacial score (nSPS) is 31.2. The molecule has 0 saturated heterocycles. The van der Waals surface area contributed by atoms with Crippen molar-refractivity contribution in [1.82, 2.24) is 0 Å². The van der Waals surface area contributed by atoms with Crippen molar-refractivity contribution in [3.63, 3.8) is 0 Å². The zero-order valence-corrected chi connectivity index (χ0v) is 18.0. The summed E-state index contributed by atoms with van der Waals surface area (Å²) in [5.41, 5.74) is 9.73. The number of fused-ring (bicyclic) bond motifs is 3. The summed E-state index contributed by atoms with van der Waals surface area (Å²) in [5.74, 6) is 3.29. The maximum Gasteiger partial charge on any atom is 0.0271 e. The molecule has 5 unspecified atom stereocenters. The van der Waals surface area contributed by atoms with Crippen LogP contribution in [0.3, 0.4) is 0 Å². The molecular formula is C31H30. The molecular weight excluding hydrogens is 372 g/mol. The van der Waals surface area contributed by atoms with E-state index in [0.717, 1.165) is 0 Å². The van der Waals surface area contributed by atoms with E-state index in [9.17, 15) is 0 Å². The lowest BCUT2D eigenvalue weighted by Crippen LogP contribution is -2.47. The Bertz CT molecular complexity index is 1040. The van der Waals surface area contributed by atoms with Crippen molar-refractivity contribution in [2.75, 3.05) is 0 Å². The predicted molar refractivity (Wildman–Crippen MR) is 128 cm³/mol. The van der Waals surface area contributed by atoms with Crippen LogP contribution in [0.5, 0.6) is 0 Å². The lowest BCUT2D eigenvalue weighted by Gasteiger charge is -2.49. The van der Waals surface area contributed by atoms with Crippen molar-refractivity contribution in [2.24, 2.45) is 35.5 Å². The fourth-order valence-corrected chi connectivity index (χ4v) is 7.58. The van der Waals surface area contributed by atoms with Gasteiger partial charge in [0, 0.05) is 5.41 Å². The van der Waals surface area contributed by atoms with Gasteiger partial charge in [-0.05, 0) is 71.6 Å². The third kappa shape index (κ3) is 2.83. The van der Waals surface area contributed by atoms with E-state index in [1.807, 2.05) is 0 Å². The molecule has 2 aromatic rings. The molecule has 2 saturated carbocycles. The molecule has 2 fully saturated rings. The molecule has 31 heavy (non-hydrogen) atoms. The molecule has 2 aromatic carbocycles. The standard InChI is InChI=1S/C31H30/c1-3-13-23(14-4-1)31(25-17-7-8-18-25,24-15-5-2-6-16-24)30-28-21-11-9-19-26(28)27-20-10-12-22-29(27)30/h1-6,9,11,13-16,19-22,25-30H,7-8,17-18H2. The summed E-state index contributed by atoms with van der Waals surface area (Å²) in [6, 6.07) is 23.0. The van der Waals surface area contributed by atoms with E-state index in [2.05, 4.69) is 109 Å². The van der Waals surface area contributed by atoms with Crippen LogP contribution in [0.15, 0.2) is 109 Å². The molecule has 4 aliphatic rings. The summed E-state index contributed by atoms with van der Waals surface area (Å²) in [5, 5.41) is 0. The maximum atomic E-state index is 3.38. The highest BCUT2D eigenvalue weighted by Gasteiger charge is 2.59. The number of hydrogen-bond donors (Lipinski definition) is 0. The molecule has 0 aliphatic heterocycles. The van der Waals surface area contributed by atoms with Crippen LogP contribution >= 0.6 is 0 Å². The van der Waals surface area contributed by atoms with Gasteiger partial charge < -0.3 is 0 Å². The first-order valence-electron chi connectivity index (χ1n) is 12.0. The van der Waals surface area contributed by atoms with Gasteiger partial charge in [0.1, 0.15) is 0 Å². The minimum Gasteiger partial charge on any atom is -0.0805 e. The fraction of sp³-hybridized carbons (Fsp3) is 0.355. The first kappa shape index (κ1) is 18.9. The third-order valence-electron chi connectivity index (χ3n) is 8.60. The number of benzene rings is 2. The second-order valence-electron chi connectivity index (χ2n) is 9.81. The van der Waals surface area contributed by atoms with Gasteiger partial charge in [0.25, 0.3) is 0 Å². The minimum absolute atomic E-state index is 0.0141. The average Bonchev–Trinajstić information content (AvgIpc) is 3.49. The van der Waals surface area contributed by atoms with Crippen LogP contribution in [0.1, 0.15) is 36.8 Å². The molecule has 0 N–H and O–H groups in total. The summed E-state index contributed by atoms with van der Waals surface area (Å²) < 4.78 is 0. The van der Waals surface area contributed by atoms with Gasteiger partial charge in [-0.15, -0.1) is 0 Å². The molecule has 0 nitrogen and oxygen atoms in total. The summed E-state index contributed by atoms with van der Waals surface area (Å²) in [7, 11) is 0. The van der Waals surface area contributed by atoms with Crippen LogP contribution < -0.4 is 0 Å². The van der Waals surface area contributed by atoms with Gasteiger partial charge in [-0.2, -0.15) is 0 Å². The highest BCUT2D eigenvalue weighted by Crippen LogP contribution is 2.63. The average molecular weight is 403 g/mol. The highest BCUT2D eigenvalue weighted by molar-refractivity contribution is 5.45. The van der Waals surface area contributed by atoms with Gasteiger partial charge in [0.2, 0.25) is 0 Å². The van der Waals surface area contributed by atoms with E-state index in [4.69, 9.17) is 0 Å². The Labute approximate surface area is 186 Å². The predicted octanol–water partition coefficient (Wildman–Crippen LogP) is 7.26. The molecule has 154 valence electrons. The molecule has 5 atom stereocenters. The van der Waals surface area contributed by atoms with Crippen LogP contribution in [-0.2, 0) is 5.41 Å². The van der Waals surface area contributed by atoms with Gasteiger partial charge >= 0.3 is 0 Å². The molecule has 0 amide bonds. The van der Waals surface area contributed by atoms with Crippen LogP contribution in [0.25, 0.3) is 0 Å². The Hall–Kier alpha value is -2.78. The lowest BCUT2D eigenvalue weighted by molar-refractivity contribution is 0.159. The Morgan fingerprint density at radius 1 is 0.613 bits per heavy atom. The fourth-order valence-electron chi connectivity index (χ4n) is 7.58. The topological polar surface area (TPSA) is 0 Å². The molecule has 0 bridgehead atoms. The van der Waals surface area contributed by atoms with E-state index in [0.29, 0.717) is 35.5 Å². The first-order chi connectivity index (χ1) is 15.4. The van der Waals surface area contributed by atoms with Gasteiger partial charge in [-0.1, -0.05) is 109 Å². The summed E-state index contributed by atoms with van der Waals surface area (Å²) in [4.78, 5) is 0. The van der Waals surface area contributed by atoms with Gasteiger partial charge in [0.15, 0.2) is 0 Å². The van der Waals surface area contributed by atoms with Crippen molar-refractivity contribution in [2.45, 2.75) is 31.1 Å². The summed E-state index contributed by atoms with van der Waals surface area (Å²) in [6.07, 6.45) is 19.6. The molecule has 0 heterocycles. The van der Waals surface area contributed by atoms with Crippen LogP contribution in [0.2, 0.25) is 0 Å². The molecule has 6 rings (SSSR count). The van der Waals surface area contributed by atoms with E-state index >= 15 is 0 Å². The Balaban J connectivity index is 1.65. The zero-order chi connectivity index (χ0) is 20.7. The Morgan fingerprint density at radius 2 is 1.16 bits per heavy atom. The first-order valence-corrected chi connectivity index (χ1v) is 12.0. The van der Waals surface area contributed by atoms with Crippen molar-refractivity contribution in [3.8, 4) is 0 Å². The van der Waals surface area contributed by atoms with Crippen molar-refractivity contribution >= 4 is 0 Å². The maximum absolute atomic E-state index is 3.38. The molecule has 4 aliphatic carbocycles. The lowest BCUT2D eigenvalue weighted by atomic mass is 9.53. The molecule has 0 aromatic heterocycles. The smallest absolute Gasteiger partial charge is 0.0271 e. The molecule has 0 heteroatoms. The molecule has 0 radical (unpaired) electrons. The van der Waals surface area contributed by atoms with E-state index in [1.54, 1.807) is 0 Å². The largest absolute Gasteiger partial charge is 0.0805 e. The zero-order valence-electron chi connectivity index (χ0n) is 18.0. The third-order valence-corrected chi connectivity index (χ3v) is 8.60.